The van der Waals surface area contributed by atoms with Crippen LogP contribution in [0.4, 0.5) is 5.69 Å². The fraction of sp³-hybridized carbons (Fsp3) is 0.231. The van der Waals surface area contributed by atoms with E-state index in [9.17, 15) is 9.59 Å². The molecule has 0 N–H and O–H groups in total. The van der Waals surface area contributed by atoms with E-state index >= 15 is 0 Å². The third-order valence-corrected chi connectivity index (χ3v) is 6.78. The van der Waals surface area contributed by atoms with Gasteiger partial charge in [0, 0.05) is 0 Å². The molecule has 4 atom stereocenters. The Kier molecular flexibility index (Phi) is 3.82. The largest absolute Gasteiger partial charge is 0.489 e. The number of fused-ring (bicyclic) bond motifs is 6. The topological polar surface area (TPSA) is 46.6 Å². The summed E-state index contributed by atoms with van der Waals surface area (Å²) in [6.45, 7) is 0.463. The molecule has 3 aromatic carbocycles. The Hall–Kier alpha value is -3.40. The van der Waals surface area contributed by atoms with Crippen molar-refractivity contribution in [3.05, 3.63) is 84.4 Å². The number of carbonyl (C=O) groups is 2. The van der Waals surface area contributed by atoms with Crippen LogP contribution in [0.15, 0.2) is 78.9 Å². The molecular weight excluding hydrogens is 374 g/mol. The highest BCUT2D eigenvalue weighted by Crippen LogP contribution is 2.53. The summed E-state index contributed by atoms with van der Waals surface area (Å²) in [7, 11) is 0. The van der Waals surface area contributed by atoms with Crippen LogP contribution in [0.1, 0.15) is 12.0 Å². The van der Waals surface area contributed by atoms with Crippen molar-refractivity contribution in [1.29, 1.82) is 0 Å². The van der Waals surface area contributed by atoms with Crippen molar-refractivity contribution in [3.63, 3.8) is 0 Å². The first-order valence-corrected chi connectivity index (χ1v) is 10.5. The molecule has 2 fully saturated rings. The molecule has 6 rings (SSSR count). The maximum atomic E-state index is 12.9. The first kappa shape index (κ1) is 17.5. The number of nitrogens with zero attached hydrogens (tertiary/aromatic N) is 1. The van der Waals surface area contributed by atoms with Crippen LogP contribution in [0, 0.1) is 23.7 Å². The van der Waals surface area contributed by atoms with E-state index < -0.39 is 0 Å². The zero-order valence-electron chi connectivity index (χ0n) is 16.4. The molecule has 4 nitrogen and oxygen atoms in total. The average molecular weight is 395 g/mol. The number of hydrogen-bond donors (Lipinski definition) is 0. The lowest BCUT2D eigenvalue weighted by Gasteiger charge is -2.17. The number of anilines is 1. The second kappa shape index (κ2) is 6.56. The molecule has 4 heteroatoms. The molecule has 2 bridgehead atoms. The smallest absolute Gasteiger partial charge is 0.238 e. The fourth-order valence-electron chi connectivity index (χ4n) is 5.34. The van der Waals surface area contributed by atoms with E-state index in [0.717, 1.165) is 12.0 Å². The molecule has 1 saturated heterocycles. The Morgan fingerprint density at radius 1 is 0.800 bits per heavy atom. The maximum Gasteiger partial charge on any atom is 0.238 e. The van der Waals surface area contributed by atoms with Gasteiger partial charge in [-0.25, -0.2) is 0 Å². The number of benzene rings is 3. The Bertz CT molecular complexity index is 1170. The van der Waals surface area contributed by atoms with Gasteiger partial charge in [0.2, 0.25) is 11.8 Å². The number of hydrogen-bond acceptors (Lipinski definition) is 3. The van der Waals surface area contributed by atoms with Crippen molar-refractivity contribution in [3.8, 4) is 5.75 Å². The van der Waals surface area contributed by atoms with Gasteiger partial charge >= 0.3 is 0 Å². The second-order valence-corrected chi connectivity index (χ2v) is 8.48. The predicted octanol–water partition coefficient (Wildman–Crippen LogP) is 4.73. The molecule has 1 heterocycles. The monoisotopic (exact) mass is 395 g/mol. The summed E-state index contributed by atoms with van der Waals surface area (Å²) < 4.78 is 5.93. The van der Waals surface area contributed by atoms with Gasteiger partial charge in [0.25, 0.3) is 0 Å². The molecule has 3 aliphatic rings. The van der Waals surface area contributed by atoms with Crippen molar-refractivity contribution in [1.82, 2.24) is 0 Å². The summed E-state index contributed by atoms with van der Waals surface area (Å²) in [6.07, 6.45) is 5.18. The summed E-state index contributed by atoms with van der Waals surface area (Å²) in [6, 6.07) is 21.8. The highest BCUT2D eigenvalue weighted by molar-refractivity contribution is 6.22. The van der Waals surface area contributed by atoms with Crippen LogP contribution < -0.4 is 9.64 Å². The van der Waals surface area contributed by atoms with Crippen LogP contribution >= 0.6 is 0 Å². The molecule has 0 unspecified atom stereocenters. The fourth-order valence-corrected chi connectivity index (χ4v) is 5.34. The van der Waals surface area contributed by atoms with Gasteiger partial charge in [0.15, 0.2) is 0 Å². The van der Waals surface area contributed by atoms with Crippen LogP contribution in [0.2, 0.25) is 0 Å². The molecule has 0 radical (unpaired) electrons. The number of carbonyl (C=O) groups excluding carboxylic acids is 2. The van der Waals surface area contributed by atoms with Crippen molar-refractivity contribution < 1.29 is 14.3 Å². The molecule has 3 aromatic rings. The summed E-state index contributed by atoms with van der Waals surface area (Å²) in [4.78, 5) is 27.2. The van der Waals surface area contributed by atoms with Crippen LogP contribution in [0.3, 0.4) is 0 Å². The number of rotatable bonds is 4. The van der Waals surface area contributed by atoms with Gasteiger partial charge < -0.3 is 4.74 Å². The van der Waals surface area contributed by atoms with Gasteiger partial charge in [-0.1, -0.05) is 48.6 Å². The van der Waals surface area contributed by atoms with Gasteiger partial charge in [0.05, 0.1) is 17.5 Å². The van der Waals surface area contributed by atoms with E-state index in [0.29, 0.717) is 18.0 Å². The van der Waals surface area contributed by atoms with E-state index in [1.807, 2.05) is 36.4 Å². The SMILES string of the molecule is O=C1[C@@H]2[C@@H](C(=O)N1c1ccc(OCc3ccc4ccccc4c3)cc1)[C@H]1C=C[C@@H]2C1. The Balaban J connectivity index is 1.17. The summed E-state index contributed by atoms with van der Waals surface area (Å²) in [5, 5.41) is 2.40. The van der Waals surface area contributed by atoms with Gasteiger partial charge in [-0.15, -0.1) is 0 Å². The predicted molar refractivity (Wildman–Crippen MR) is 115 cm³/mol. The normalized spacial score (nSPS) is 26.6. The van der Waals surface area contributed by atoms with Crippen LogP contribution in [-0.4, -0.2) is 11.8 Å². The van der Waals surface area contributed by atoms with Crippen LogP contribution in [-0.2, 0) is 16.2 Å². The van der Waals surface area contributed by atoms with Crippen molar-refractivity contribution >= 4 is 28.3 Å². The summed E-state index contributed by atoms with van der Waals surface area (Å²) in [5.41, 5.74) is 1.73. The Morgan fingerprint density at radius 2 is 1.47 bits per heavy atom. The lowest BCUT2D eigenvalue weighted by Crippen LogP contribution is -2.32. The first-order chi connectivity index (χ1) is 14.7. The van der Waals surface area contributed by atoms with Gasteiger partial charge in [-0.05, 0) is 64.9 Å². The molecule has 0 aromatic heterocycles. The highest BCUT2D eigenvalue weighted by atomic mass is 16.5. The van der Waals surface area contributed by atoms with Crippen molar-refractivity contribution in [2.24, 2.45) is 23.7 Å². The third-order valence-electron chi connectivity index (χ3n) is 6.78. The van der Waals surface area contributed by atoms with E-state index in [2.05, 4.69) is 42.5 Å². The Morgan fingerprint density at radius 3 is 2.17 bits per heavy atom. The zero-order valence-corrected chi connectivity index (χ0v) is 16.4. The quantitative estimate of drug-likeness (QED) is 0.474. The zero-order chi connectivity index (χ0) is 20.2. The molecule has 148 valence electrons. The van der Waals surface area contributed by atoms with Crippen molar-refractivity contribution in [2.75, 3.05) is 4.90 Å². The van der Waals surface area contributed by atoms with E-state index in [1.54, 1.807) is 0 Å². The van der Waals surface area contributed by atoms with Crippen LogP contribution in [0.5, 0.6) is 5.75 Å². The lowest BCUT2D eigenvalue weighted by molar-refractivity contribution is -0.123. The van der Waals surface area contributed by atoms with Gasteiger partial charge in [-0.2, -0.15) is 0 Å². The Labute approximate surface area is 174 Å². The van der Waals surface area contributed by atoms with E-state index in [1.165, 1.54) is 15.7 Å². The number of allylic oxidation sites excluding steroid dienone is 2. The molecule has 0 spiro atoms. The number of ether oxygens (including phenoxy) is 1. The molecule has 1 saturated carbocycles. The van der Waals surface area contributed by atoms with E-state index in [4.69, 9.17) is 4.74 Å². The molecule has 2 aliphatic carbocycles. The minimum absolute atomic E-state index is 0.0494. The lowest BCUT2D eigenvalue weighted by atomic mass is 9.85. The average Bonchev–Trinajstić information content (AvgIpc) is 3.46. The highest BCUT2D eigenvalue weighted by Gasteiger charge is 2.59. The minimum Gasteiger partial charge on any atom is -0.489 e. The third kappa shape index (κ3) is 2.60. The number of imide groups is 1. The minimum atomic E-state index is -0.170. The number of amides is 2. The maximum absolute atomic E-state index is 12.9. The van der Waals surface area contributed by atoms with Crippen LogP contribution in [0.25, 0.3) is 10.8 Å². The van der Waals surface area contributed by atoms with E-state index in [-0.39, 0.29) is 35.5 Å². The molecule has 2 amide bonds. The molecule has 30 heavy (non-hydrogen) atoms. The van der Waals surface area contributed by atoms with Gasteiger partial charge in [0.1, 0.15) is 12.4 Å². The first-order valence-electron chi connectivity index (χ1n) is 10.5. The van der Waals surface area contributed by atoms with Gasteiger partial charge in [-0.3, -0.25) is 14.5 Å². The standard InChI is InChI=1S/C26H21NO3/c28-25-23-19-7-8-20(14-19)24(23)26(29)27(25)21-9-11-22(12-10-21)30-15-16-5-6-17-3-1-2-4-18(17)13-16/h1-13,19-20,23-24H,14-15H2/t19-,20+,23-,24-/m0/s1. The molecular formula is C26H21NO3. The summed E-state index contributed by atoms with van der Waals surface area (Å²) in [5.74, 6) is 0.732. The second-order valence-electron chi connectivity index (χ2n) is 8.48. The summed E-state index contributed by atoms with van der Waals surface area (Å²) >= 11 is 0. The van der Waals surface area contributed by atoms with Crippen molar-refractivity contribution in [2.45, 2.75) is 13.0 Å². The molecule has 1 aliphatic heterocycles.